The van der Waals surface area contributed by atoms with Crippen LogP contribution in [0.3, 0.4) is 0 Å². The van der Waals surface area contributed by atoms with Gasteiger partial charge in [-0.1, -0.05) is 6.07 Å². The molecule has 162 valence electrons. The Morgan fingerprint density at radius 1 is 1.00 bits per heavy atom. The van der Waals surface area contributed by atoms with Gasteiger partial charge in [-0.3, -0.25) is 14.5 Å². The molecule has 7 heteroatoms. The van der Waals surface area contributed by atoms with Crippen LogP contribution < -0.4 is 5.32 Å². The molecule has 0 radical (unpaired) electrons. The number of hydrogen-bond donors (Lipinski definition) is 2. The van der Waals surface area contributed by atoms with E-state index in [4.69, 9.17) is 4.74 Å². The maximum atomic E-state index is 12.6. The number of aromatic amines is 1. The van der Waals surface area contributed by atoms with Crippen molar-refractivity contribution in [1.29, 1.82) is 0 Å². The van der Waals surface area contributed by atoms with Gasteiger partial charge < -0.3 is 19.9 Å². The van der Waals surface area contributed by atoms with Gasteiger partial charge >= 0.3 is 0 Å². The fraction of sp³-hybridized carbons (Fsp3) is 0.417. The Hall–Kier alpha value is -2.90. The lowest BCUT2D eigenvalue weighted by molar-refractivity contribution is -0.133. The first kappa shape index (κ1) is 20.0. The van der Waals surface area contributed by atoms with Gasteiger partial charge in [-0.2, -0.15) is 0 Å². The van der Waals surface area contributed by atoms with E-state index in [0.29, 0.717) is 18.5 Å². The first-order valence-electron chi connectivity index (χ1n) is 11.1. The molecule has 2 fully saturated rings. The third-order valence-electron chi connectivity index (χ3n) is 6.24. The molecule has 0 bridgehead atoms. The zero-order chi connectivity index (χ0) is 21.2. The Balaban J connectivity index is 1.34. The van der Waals surface area contributed by atoms with E-state index >= 15 is 0 Å². The molecule has 0 unspecified atom stereocenters. The molecule has 0 aliphatic carbocycles. The van der Waals surface area contributed by atoms with Crippen molar-refractivity contribution in [3.63, 3.8) is 0 Å². The highest BCUT2D eigenvalue weighted by Crippen LogP contribution is 2.34. The maximum Gasteiger partial charge on any atom is 0.256 e. The number of nitrogens with one attached hydrogen (secondary N) is 2. The highest BCUT2D eigenvalue weighted by atomic mass is 16.5. The molecule has 0 spiro atoms. The Labute approximate surface area is 182 Å². The molecule has 3 aliphatic rings. The van der Waals surface area contributed by atoms with Crippen LogP contribution in [0.5, 0.6) is 0 Å². The van der Waals surface area contributed by atoms with Gasteiger partial charge in [-0.05, 0) is 48.2 Å². The average Bonchev–Trinajstić information content (AvgIpc) is 3.34. The molecule has 1 aromatic heterocycles. The Morgan fingerprint density at radius 3 is 2.71 bits per heavy atom. The fourth-order valence-electron chi connectivity index (χ4n) is 4.53. The number of benzene rings is 1. The van der Waals surface area contributed by atoms with Crippen LogP contribution in [0.2, 0.25) is 0 Å². The highest BCUT2D eigenvalue weighted by Gasteiger charge is 2.25. The maximum absolute atomic E-state index is 12.6. The number of amides is 2. The molecule has 7 nitrogen and oxygen atoms in total. The topological polar surface area (TPSA) is 77.7 Å². The lowest BCUT2D eigenvalue weighted by Crippen LogP contribution is -2.35. The summed E-state index contributed by atoms with van der Waals surface area (Å²) in [6.45, 7) is 5.73. The van der Waals surface area contributed by atoms with Crippen LogP contribution >= 0.6 is 0 Å². The zero-order valence-corrected chi connectivity index (χ0v) is 17.7. The van der Waals surface area contributed by atoms with E-state index in [1.807, 2.05) is 35.4 Å². The largest absolute Gasteiger partial charge is 0.379 e. The first-order valence-corrected chi connectivity index (χ1v) is 11.1. The third kappa shape index (κ3) is 4.43. The molecule has 5 rings (SSSR count). The summed E-state index contributed by atoms with van der Waals surface area (Å²) in [7, 11) is 0. The second-order valence-electron chi connectivity index (χ2n) is 8.52. The van der Waals surface area contributed by atoms with E-state index in [1.54, 1.807) is 0 Å². The number of anilines is 1. The van der Waals surface area contributed by atoms with Gasteiger partial charge in [0.15, 0.2) is 0 Å². The summed E-state index contributed by atoms with van der Waals surface area (Å²) in [5, 5.41) is 2.96. The van der Waals surface area contributed by atoms with Crippen molar-refractivity contribution in [1.82, 2.24) is 14.8 Å². The molecule has 2 N–H and O–H groups in total. The SMILES string of the molecule is O=C1Nc2ccc(CN3CCCCC3=O)cc2C1=Cc1cc(CN2CCOCC2)c[nH]1. The van der Waals surface area contributed by atoms with Crippen LogP contribution in [0, 0.1) is 0 Å². The van der Waals surface area contributed by atoms with Crippen molar-refractivity contribution in [2.75, 3.05) is 38.2 Å². The molecule has 2 amide bonds. The van der Waals surface area contributed by atoms with Crippen molar-refractivity contribution in [3.05, 3.63) is 52.8 Å². The molecule has 31 heavy (non-hydrogen) atoms. The highest BCUT2D eigenvalue weighted by molar-refractivity contribution is 6.34. The second kappa shape index (κ2) is 8.69. The lowest BCUT2D eigenvalue weighted by Gasteiger charge is -2.26. The summed E-state index contributed by atoms with van der Waals surface area (Å²) in [4.78, 5) is 32.4. The predicted molar refractivity (Wildman–Crippen MR) is 119 cm³/mol. The van der Waals surface area contributed by atoms with Gasteiger partial charge in [0.2, 0.25) is 5.91 Å². The number of ether oxygens (including phenoxy) is 1. The lowest BCUT2D eigenvalue weighted by atomic mass is 10.0. The predicted octanol–water partition coefficient (Wildman–Crippen LogP) is 2.85. The summed E-state index contributed by atoms with van der Waals surface area (Å²) in [6, 6.07) is 8.08. The molecule has 4 heterocycles. The van der Waals surface area contributed by atoms with Crippen LogP contribution in [-0.4, -0.2) is 59.4 Å². The molecule has 1 aromatic carbocycles. The normalized spacial score (nSPS) is 20.9. The van der Waals surface area contributed by atoms with Crippen molar-refractivity contribution < 1.29 is 14.3 Å². The minimum absolute atomic E-state index is 0.0921. The van der Waals surface area contributed by atoms with Gasteiger partial charge in [-0.25, -0.2) is 0 Å². The van der Waals surface area contributed by atoms with Gasteiger partial charge in [0.25, 0.3) is 5.91 Å². The molecular formula is C24H28N4O3. The molecule has 0 atom stereocenters. The monoisotopic (exact) mass is 420 g/mol. The number of rotatable bonds is 5. The Bertz CT molecular complexity index is 1020. The molecule has 2 saturated heterocycles. The number of likely N-dealkylation sites (tertiary alicyclic amines) is 1. The number of aromatic nitrogens is 1. The average molecular weight is 421 g/mol. The number of hydrogen-bond acceptors (Lipinski definition) is 4. The summed E-state index contributed by atoms with van der Waals surface area (Å²) >= 11 is 0. The first-order chi connectivity index (χ1) is 15.2. The van der Waals surface area contributed by atoms with Gasteiger partial charge in [0.1, 0.15) is 0 Å². The van der Waals surface area contributed by atoms with E-state index in [9.17, 15) is 9.59 Å². The Kier molecular flexibility index (Phi) is 5.61. The third-order valence-corrected chi connectivity index (χ3v) is 6.24. The summed E-state index contributed by atoms with van der Waals surface area (Å²) in [5.74, 6) is 0.126. The van der Waals surface area contributed by atoms with E-state index in [0.717, 1.165) is 74.7 Å². The summed E-state index contributed by atoms with van der Waals surface area (Å²) in [6.07, 6.45) is 6.60. The van der Waals surface area contributed by atoms with Crippen LogP contribution in [0.4, 0.5) is 5.69 Å². The number of H-pyrrole nitrogens is 1. The Morgan fingerprint density at radius 2 is 1.87 bits per heavy atom. The van der Waals surface area contributed by atoms with Gasteiger partial charge in [0, 0.05) is 62.3 Å². The number of carbonyl (C=O) groups excluding carboxylic acids is 2. The standard InChI is InChI=1S/C24H28N4O3/c29-23-3-1-2-6-28(23)16-17-4-5-22-20(12-17)21(24(30)26-22)13-19-11-18(14-25-19)15-27-7-9-31-10-8-27/h4-5,11-14,25H,1-3,6-10,15-16H2,(H,26,30). The van der Waals surface area contributed by atoms with Crippen molar-refractivity contribution in [2.24, 2.45) is 0 Å². The van der Waals surface area contributed by atoms with Crippen molar-refractivity contribution >= 4 is 29.2 Å². The number of carbonyl (C=O) groups is 2. The van der Waals surface area contributed by atoms with E-state index in [2.05, 4.69) is 21.3 Å². The molecule has 0 saturated carbocycles. The number of morpholine rings is 1. The fourth-order valence-corrected chi connectivity index (χ4v) is 4.53. The molecule has 2 aromatic rings. The van der Waals surface area contributed by atoms with E-state index in [-0.39, 0.29) is 11.8 Å². The van der Waals surface area contributed by atoms with Crippen molar-refractivity contribution in [3.8, 4) is 0 Å². The van der Waals surface area contributed by atoms with Crippen LogP contribution in [0.15, 0.2) is 30.5 Å². The van der Waals surface area contributed by atoms with E-state index in [1.165, 1.54) is 5.56 Å². The molecular weight excluding hydrogens is 392 g/mol. The minimum Gasteiger partial charge on any atom is -0.379 e. The smallest absolute Gasteiger partial charge is 0.256 e. The van der Waals surface area contributed by atoms with Crippen LogP contribution in [-0.2, 0) is 27.4 Å². The second-order valence-corrected chi connectivity index (χ2v) is 8.52. The quantitative estimate of drug-likeness (QED) is 0.730. The van der Waals surface area contributed by atoms with Gasteiger partial charge in [0.05, 0.1) is 18.8 Å². The minimum atomic E-state index is -0.0921. The van der Waals surface area contributed by atoms with Crippen molar-refractivity contribution in [2.45, 2.75) is 32.4 Å². The van der Waals surface area contributed by atoms with Crippen LogP contribution in [0.1, 0.15) is 41.6 Å². The molecule has 3 aliphatic heterocycles. The number of piperidine rings is 1. The number of nitrogens with zero attached hydrogens (tertiary/aromatic N) is 2. The summed E-state index contributed by atoms with van der Waals surface area (Å²) < 4.78 is 5.41. The van der Waals surface area contributed by atoms with Crippen LogP contribution in [0.25, 0.3) is 11.6 Å². The summed E-state index contributed by atoms with van der Waals surface area (Å²) in [5.41, 5.74) is 5.54. The zero-order valence-electron chi connectivity index (χ0n) is 17.7. The number of fused-ring (bicyclic) bond motifs is 1. The van der Waals surface area contributed by atoms with Gasteiger partial charge in [-0.15, -0.1) is 0 Å². The van der Waals surface area contributed by atoms with E-state index < -0.39 is 0 Å².